The van der Waals surface area contributed by atoms with Gasteiger partial charge >= 0.3 is 0 Å². The highest BCUT2D eigenvalue weighted by Gasteiger charge is 2.50. The van der Waals surface area contributed by atoms with E-state index in [1.807, 2.05) is 6.08 Å². The monoisotopic (exact) mass is 420 g/mol. The van der Waals surface area contributed by atoms with Gasteiger partial charge in [-0.15, -0.1) is 0 Å². The van der Waals surface area contributed by atoms with E-state index in [1.54, 1.807) is 13.8 Å². The number of halogens is 2. The van der Waals surface area contributed by atoms with Gasteiger partial charge in [0.1, 0.15) is 11.8 Å². The molecule has 3 heteroatoms. The fraction of sp³-hybridized carbons (Fsp3) is 0.778. The molecule has 0 amide bonds. The van der Waals surface area contributed by atoms with Crippen LogP contribution in [0, 0.1) is 23.2 Å². The van der Waals surface area contributed by atoms with E-state index >= 15 is 0 Å². The summed E-state index contributed by atoms with van der Waals surface area (Å²) in [6.07, 6.45) is 11.9. The molecule has 0 radical (unpaired) electrons. The van der Waals surface area contributed by atoms with Crippen LogP contribution in [-0.4, -0.2) is 23.1 Å². The maximum absolute atomic E-state index is 13.9. The summed E-state index contributed by atoms with van der Waals surface area (Å²) in [6, 6.07) is 0. The molecule has 170 valence electrons. The molecule has 0 aromatic carbocycles. The summed E-state index contributed by atoms with van der Waals surface area (Å²) >= 11 is 0. The van der Waals surface area contributed by atoms with Crippen LogP contribution >= 0.6 is 0 Å². The van der Waals surface area contributed by atoms with Crippen LogP contribution in [0.2, 0.25) is 0 Å². The first-order valence-corrected chi connectivity index (χ1v) is 12.1. The van der Waals surface area contributed by atoms with Crippen molar-refractivity contribution in [1.29, 1.82) is 0 Å². The summed E-state index contributed by atoms with van der Waals surface area (Å²) in [6.45, 7) is 12.2. The first kappa shape index (κ1) is 23.7. The largest absolute Gasteiger partial charge is 0.388 e. The van der Waals surface area contributed by atoms with Gasteiger partial charge in [0.2, 0.25) is 0 Å². The SMILES string of the molecule is C=C1/C(=C\C=C2/CCC[C@]3(C)[C@@H]([C@H](C)CCCC(C)(C)F)CC[C@@H]23)C[C@@H](F)C[C@@H]1O. The summed E-state index contributed by atoms with van der Waals surface area (Å²) in [7, 11) is 0. The third-order valence-corrected chi connectivity index (χ3v) is 8.39. The van der Waals surface area contributed by atoms with Crippen molar-refractivity contribution in [1.82, 2.24) is 0 Å². The summed E-state index contributed by atoms with van der Waals surface area (Å²) in [5.74, 6) is 1.92. The van der Waals surface area contributed by atoms with Gasteiger partial charge in [0.15, 0.2) is 0 Å². The summed E-state index contributed by atoms with van der Waals surface area (Å²) in [5, 5.41) is 10.0. The summed E-state index contributed by atoms with van der Waals surface area (Å²) in [4.78, 5) is 0. The standard InChI is InChI=1S/C27H42F2O/c1-18(8-6-14-26(3,4)29)23-12-13-24-20(9-7-15-27(23,24)5)10-11-21-16-22(28)17-25(30)19(21)2/h10-11,18,22-25,30H,2,6-9,12-17H2,1,3-5H3/b20-10+,21-11-/t18-,22-,23-,24+,25+,27-/m1/s1. The Balaban J connectivity index is 1.70. The second-order valence-corrected chi connectivity index (χ2v) is 11.2. The van der Waals surface area contributed by atoms with Gasteiger partial charge < -0.3 is 5.11 Å². The lowest BCUT2D eigenvalue weighted by molar-refractivity contribution is 0.0904. The highest BCUT2D eigenvalue weighted by atomic mass is 19.1. The Labute approximate surface area is 182 Å². The van der Waals surface area contributed by atoms with Crippen LogP contribution in [0.4, 0.5) is 8.78 Å². The van der Waals surface area contributed by atoms with E-state index in [0.717, 1.165) is 24.8 Å². The lowest BCUT2D eigenvalue weighted by Crippen LogP contribution is -2.36. The van der Waals surface area contributed by atoms with E-state index in [9.17, 15) is 13.9 Å². The fourth-order valence-electron chi connectivity index (χ4n) is 6.69. The third kappa shape index (κ3) is 5.26. The van der Waals surface area contributed by atoms with Crippen molar-refractivity contribution in [2.75, 3.05) is 0 Å². The molecule has 0 heterocycles. The van der Waals surface area contributed by atoms with Gasteiger partial charge in [-0.25, -0.2) is 8.78 Å². The van der Waals surface area contributed by atoms with Crippen LogP contribution in [0.25, 0.3) is 0 Å². The van der Waals surface area contributed by atoms with Crippen LogP contribution in [0.3, 0.4) is 0 Å². The molecular formula is C27H42F2O. The zero-order chi connectivity index (χ0) is 22.1. The van der Waals surface area contributed by atoms with E-state index in [-0.39, 0.29) is 6.42 Å². The minimum atomic E-state index is -1.06. The molecule has 3 saturated carbocycles. The zero-order valence-corrected chi connectivity index (χ0v) is 19.5. The fourth-order valence-corrected chi connectivity index (χ4v) is 6.69. The molecule has 0 saturated heterocycles. The molecule has 1 nitrogen and oxygen atoms in total. The van der Waals surface area contributed by atoms with Gasteiger partial charge in [0, 0.05) is 12.8 Å². The van der Waals surface area contributed by atoms with Crippen molar-refractivity contribution in [3.05, 3.63) is 35.5 Å². The van der Waals surface area contributed by atoms with Gasteiger partial charge in [-0.2, -0.15) is 0 Å². The Morgan fingerprint density at radius 2 is 2.03 bits per heavy atom. The van der Waals surface area contributed by atoms with Crippen LogP contribution in [-0.2, 0) is 0 Å². The normalized spacial score (nSPS) is 38.8. The Kier molecular flexibility index (Phi) is 7.32. The van der Waals surface area contributed by atoms with Gasteiger partial charge in [-0.05, 0) is 86.7 Å². The minimum Gasteiger partial charge on any atom is -0.388 e. The molecule has 0 aliphatic heterocycles. The quantitative estimate of drug-likeness (QED) is 0.467. The maximum Gasteiger partial charge on any atom is 0.107 e. The van der Waals surface area contributed by atoms with Crippen molar-refractivity contribution >= 4 is 0 Å². The molecule has 0 unspecified atom stereocenters. The minimum absolute atomic E-state index is 0.173. The average Bonchev–Trinajstić information content (AvgIpc) is 3.00. The van der Waals surface area contributed by atoms with Crippen molar-refractivity contribution in [2.45, 2.75) is 110 Å². The van der Waals surface area contributed by atoms with Crippen LogP contribution in [0.1, 0.15) is 91.9 Å². The number of rotatable bonds is 6. The van der Waals surface area contributed by atoms with Crippen molar-refractivity contribution in [2.24, 2.45) is 23.2 Å². The molecule has 3 aliphatic carbocycles. The number of aliphatic hydroxyl groups excluding tert-OH is 1. The molecule has 0 bridgehead atoms. The molecule has 3 aliphatic rings. The van der Waals surface area contributed by atoms with Gasteiger partial charge in [-0.3, -0.25) is 0 Å². The average molecular weight is 421 g/mol. The smallest absolute Gasteiger partial charge is 0.107 e. The highest BCUT2D eigenvalue weighted by Crippen LogP contribution is 2.60. The van der Waals surface area contributed by atoms with Crippen LogP contribution in [0.5, 0.6) is 0 Å². The lowest BCUT2D eigenvalue weighted by Gasteiger charge is -2.44. The summed E-state index contributed by atoms with van der Waals surface area (Å²) in [5.41, 5.74) is 2.31. The predicted octanol–water partition coefficient (Wildman–Crippen LogP) is 7.66. The second-order valence-electron chi connectivity index (χ2n) is 11.2. The van der Waals surface area contributed by atoms with Crippen LogP contribution in [0.15, 0.2) is 35.5 Å². The Hall–Kier alpha value is -0.960. The van der Waals surface area contributed by atoms with E-state index in [4.69, 9.17) is 0 Å². The van der Waals surface area contributed by atoms with E-state index < -0.39 is 17.9 Å². The second kappa shape index (κ2) is 9.27. The molecule has 3 rings (SSSR count). The van der Waals surface area contributed by atoms with Crippen LogP contribution < -0.4 is 0 Å². The topological polar surface area (TPSA) is 20.2 Å². The predicted molar refractivity (Wildman–Crippen MR) is 122 cm³/mol. The van der Waals surface area contributed by atoms with E-state index in [1.165, 1.54) is 31.3 Å². The number of allylic oxidation sites excluding steroid dienone is 3. The maximum atomic E-state index is 13.9. The lowest BCUT2D eigenvalue weighted by atomic mass is 9.60. The summed E-state index contributed by atoms with van der Waals surface area (Å²) < 4.78 is 27.8. The molecule has 1 N–H and O–H groups in total. The number of fused-ring (bicyclic) bond motifs is 1. The van der Waals surface area contributed by atoms with Crippen molar-refractivity contribution < 1.29 is 13.9 Å². The van der Waals surface area contributed by atoms with E-state index in [0.29, 0.717) is 41.6 Å². The number of alkyl halides is 2. The van der Waals surface area contributed by atoms with Gasteiger partial charge in [0.25, 0.3) is 0 Å². The molecule has 0 aromatic heterocycles. The van der Waals surface area contributed by atoms with Crippen molar-refractivity contribution in [3.63, 3.8) is 0 Å². The van der Waals surface area contributed by atoms with Crippen molar-refractivity contribution in [3.8, 4) is 0 Å². The highest BCUT2D eigenvalue weighted by molar-refractivity contribution is 5.38. The number of hydrogen-bond donors (Lipinski definition) is 1. The first-order valence-electron chi connectivity index (χ1n) is 12.1. The Morgan fingerprint density at radius 3 is 2.73 bits per heavy atom. The number of aliphatic hydroxyl groups is 1. The third-order valence-electron chi connectivity index (χ3n) is 8.39. The number of hydrogen-bond acceptors (Lipinski definition) is 1. The zero-order valence-electron chi connectivity index (χ0n) is 19.5. The molecule has 3 fully saturated rings. The molecule has 0 aromatic rings. The molecule has 30 heavy (non-hydrogen) atoms. The van der Waals surface area contributed by atoms with Gasteiger partial charge in [0.05, 0.1) is 6.10 Å². The Bertz CT molecular complexity index is 685. The molecule has 0 spiro atoms. The van der Waals surface area contributed by atoms with E-state index in [2.05, 4.69) is 26.5 Å². The first-order chi connectivity index (χ1) is 14.0. The molecular weight excluding hydrogens is 378 g/mol. The Morgan fingerprint density at radius 1 is 1.30 bits per heavy atom. The molecule has 6 atom stereocenters. The van der Waals surface area contributed by atoms with Gasteiger partial charge in [-0.1, -0.05) is 51.0 Å².